The molecule has 1 aromatic carbocycles. The standard InChI is InChI=1S/C11H14Cl2N2O/c1-11(2,10(16)15-14-3)8-5-4-7(12)6-9(8)13/h4-6,14H,1-3H3,(H,15,16). The first kappa shape index (κ1) is 13.3. The molecule has 0 fully saturated rings. The van der Waals surface area contributed by atoms with Crippen LogP contribution < -0.4 is 10.9 Å². The molecule has 0 aromatic heterocycles. The third-order valence-electron chi connectivity index (χ3n) is 2.41. The van der Waals surface area contributed by atoms with Crippen molar-refractivity contribution in [2.45, 2.75) is 19.3 Å². The maximum absolute atomic E-state index is 11.8. The zero-order chi connectivity index (χ0) is 12.3. The molecule has 0 bridgehead atoms. The van der Waals surface area contributed by atoms with Crippen LogP contribution in [0, 0.1) is 0 Å². The number of rotatable bonds is 3. The van der Waals surface area contributed by atoms with Crippen LogP contribution in [0.15, 0.2) is 18.2 Å². The first-order valence-electron chi connectivity index (χ1n) is 4.82. The van der Waals surface area contributed by atoms with Crippen LogP contribution in [0.2, 0.25) is 10.0 Å². The third-order valence-corrected chi connectivity index (χ3v) is 2.96. The molecule has 0 spiro atoms. The van der Waals surface area contributed by atoms with Gasteiger partial charge in [-0.05, 0) is 31.5 Å². The SMILES string of the molecule is CNNC(=O)C(C)(C)c1ccc(Cl)cc1Cl. The summed E-state index contributed by atoms with van der Waals surface area (Å²) in [4.78, 5) is 11.8. The van der Waals surface area contributed by atoms with Crippen molar-refractivity contribution in [1.29, 1.82) is 0 Å². The van der Waals surface area contributed by atoms with Crippen LogP contribution in [0.4, 0.5) is 0 Å². The van der Waals surface area contributed by atoms with Crippen LogP contribution in [0.3, 0.4) is 0 Å². The van der Waals surface area contributed by atoms with Crippen LogP contribution in [0.5, 0.6) is 0 Å². The molecule has 2 N–H and O–H groups in total. The second-order valence-corrected chi connectivity index (χ2v) is 4.80. The molecule has 1 aromatic rings. The highest BCUT2D eigenvalue weighted by Crippen LogP contribution is 2.31. The maximum atomic E-state index is 11.8. The molecular weight excluding hydrogens is 247 g/mol. The summed E-state index contributed by atoms with van der Waals surface area (Å²) in [7, 11) is 1.64. The minimum absolute atomic E-state index is 0.153. The molecule has 88 valence electrons. The summed E-state index contributed by atoms with van der Waals surface area (Å²) < 4.78 is 0. The number of hydrazine groups is 1. The summed E-state index contributed by atoms with van der Waals surface area (Å²) in [5.41, 5.74) is 5.18. The molecule has 0 aliphatic heterocycles. The zero-order valence-electron chi connectivity index (χ0n) is 9.40. The molecule has 1 amide bonds. The fraction of sp³-hybridized carbons (Fsp3) is 0.364. The number of hydrogen-bond acceptors (Lipinski definition) is 2. The van der Waals surface area contributed by atoms with Crippen molar-refractivity contribution in [3.05, 3.63) is 33.8 Å². The predicted molar refractivity (Wildman–Crippen MR) is 66.7 cm³/mol. The monoisotopic (exact) mass is 260 g/mol. The van der Waals surface area contributed by atoms with Gasteiger partial charge in [0.2, 0.25) is 5.91 Å². The van der Waals surface area contributed by atoms with Crippen molar-refractivity contribution < 1.29 is 4.79 Å². The van der Waals surface area contributed by atoms with Gasteiger partial charge in [0.1, 0.15) is 0 Å². The van der Waals surface area contributed by atoms with E-state index in [-0.39, 0.29) is 5.91 Å². The Bertz CT molecular complexity index is 405. The van der Waals surface area contributed by atoms with Gasteiger partial charge in [0.15, 0.2) is 0 Å². The van der Waals surface area contributed by atoms with E-state index in [0.717, 1.165) is 5.56 Å². The van der Waals surface area contributed by atoms with Crippen LogP contribution in [0.25, 0.3) is 0 Å². The van der Waals surface area contributed by atoms with Gasteiger partial charge in [0.25, 0.3) is 0 Å². The summed E-state index contributed by atoms with van der Waals surface area (Å²) in [5.74, 6) is -0.153. The van der Waals surface area contributed by atoms with E-state index in [1.807, 2.05) is 0 Å². The van der Waals surface area contributed by atoms with E-state index in [0.29, 0.717) is 10.0 Å². The van der Waals surface area contributed by atoms with E-state index >= 15 is 0 Å². The molecule has 0 saturated carbocycles. The molecule has 0 unspecified atom stereocenters. The van der Waals surface area contributed by atoms with E-state index in [9.17, 15) is 4.79 Å². The Balaban J connectivity index is 3.11. The Labute approximate surface area is 105 Å². The van der Waals surface area contributed by atoms with E-state index in [1.54, 1.807) is 39.1 Å². The highest BCUT2D eigenvalue weighted by Gasteiger charge is 2.31. The summed E-state index contributed by atoms with van der Waals surface area (Å²) in [6, 6.07) is 5.12. The first-order valence-corrected chi connectivity index (χ1v) is 5.58. The lowest BCUT2D eigenvalue weighted by Crippen LogP contribution is -2.45. The van der Waals surface area contributed by atoms with Crippen LogP contribution in [-0.2, 0) is 10.2 Å². The van der Waals surface area contributed by atoms with Gasteiger partial charge < -0.3 is 0 Å². The Morgan fingerprint density at radius 3 is 2.44 bits per heavy atom. The third kappa shape index (κ3) is 2.67. The number of carbonyl (C=O) groups excluding carboxylic acids is 1. The Kier molecular flexibility index (Phi) is 4.19. The van der Waals surface area contributed by atoms with Crippen molar-refractivity contribution in [2.75, 3.05) is 7.05 Å². The second kappa shape index (κ2) is 5.04. The molecule has 0 radical (unpaired) electrons. The lowest BCUT2D eigenvalue weighted by Gasteiger charge is -2.24. The normalized spacial score (nSPS) is 11.3. The highest BCUT2D eigenvalue weighted by atomic mass is 35.5. The Morgan fingerprint density at radius 1 is 1.31 bits per heavy atom. The smallest absolute Gasteiger partial charge is 0.244 e. The Hall–Kier alpha value is -0.770. The molecule has 0 aliphatic rings. The summed E-state index contributed by atoms with van der Waals surface area (Å²) >= 11 is 11.9. The average Bonchev–Trinajstić information content (AvgIpc) is 2.17. The van der Waals surface area contributed by atoms with Gasteiger partial charge in [-0.2, -0.15) is 0 Å². The minimum Gasteiger partial charge on any atom is -0.291 e. The van der Waals surface area contributed by atoms with Gasteiger partial charge in [-0.15, -0.1) is 0 Å². The fourth-order valence-corrected chi connectivity index (χ4v) is 2.03. The molecule has 0 atom stereocenters. The molecule has 0 saturated heterocycles. The molecule has 16 heavy (non-hydrogen) atoms. The van der Waals surface area contributed by atoms with Gasteiger partial charge in [-0.25, -0.2) is 5.43 Å². The zero-order valence-corrected chi connectivity index (χ0v) is 10.9. The quantitative estimate of drug-likeness (QED) is 0.821. The number of hydrogen-bond donors (Lipinski definition) is 2. The van der Waals surface area contributed by atoms with Crippen LogP contribution in [0.1, 0.15) is 19.4 Å². The van der Waals surface area contributed by atoms with Crippen molar-refractivity contribution >= 4 is 29.1 Å². The van der Waals surface area contributed by atoms with Crippen molar-refractivity contribution in [2.24, 2.45) is 0 Å². The van der Waals surface area contributed by atoms with Crippen molar-refractivity contribution in [3.8, 4) is 0 Å². The maximum Gasteiger partial charge on any atom is 0.244 e. The molecule has 3 nitrogen and oxygen atoms in total. The first-order chi connectivity index (χ1) is 7.39. The number of nitrogens with one attached hydrogen (secondary N) is 2. The minimum atomic E-state index is -0.718. The molecule has 5 heteroatoms. The lowest BCUT2D eigenvalue weighted by molar-refractivity contribution is -0.126. The van der Waals surface area contributed by atoms with Crippen molar-refractivity contribution in [3.63, 3.8) is 0 Å². The number of benzene rings is 1. The number of carbonyl (C=O) groups is 1. The Morgan fingerprint density at radius 2 is 1.94 bits per heavy atom. The van der Waals surface area contributed by atoms with Crippen LogP contribution in [-0.4, -0.2) is 13.0 Å². The number of halogens is 2. The summed E-state index contributed by atoms with van der Waals surface area (Å²) in [6.07, 6.45) is 0. The van der Waals surface area contributed by atoms with Gasteiger partial charge in [-0.3, -0.25) is 10.2 Å². The van der Waals surface area contributed by atoms with E-state index in [4.69, 9.17) is 23.2 Å². The highest BCUT2D eigenvalue weighted by molar-refractivity contribution is 6.35. The van der Waals surface area contributed by atoms with E-state index in [2.05, 4.69) is 10.9 Å². The van der Waals surface area contributed by atoms with E-state index in [1.165, 1.54) is 0 Å². The van der Waals surface area contributed by atoms with Gasteiger partial charge in [-0.1, -0.05) is 29.3 Å². The van der Waals surface area contributed by atoms with E-state index < -0.39 is 5.41 Å². The van der Waals surface area contributed by atoms with Gasteiger partial charge in [0, 0.05) is 17.1 Å². The van der Waals surface area contributed by atoms with Gasteiger partial charge in [0.05, 0.1) is 5.41 Å². The lowest BCUT2D eigenvalue weighted by atomic mass is 9.84. The molecular formula is C11H14Cl2N2O. The molecule has 1 rings (SSSR count). The second-order valence-electron chi connectivity index (χ2n) is 3.95. The molecule has 0 aliphatic carbocycles. The number of amides is 1. The van der Waals surface area contributed by atoms with Crippen molar-refractivity contribution in [1.82, 2.24) is 10.9 Å². The molecule has 0 heterocycles. The van der Waals surface area contributed by atoms with Crippen LogP contribution >= 0.6 is 23.2 Å². The van der Waals surface area contributed by atoms with Gasteiger partial charge >= 0.3 is 0 Å². The largest absolute Gasteiger partial charge is 0.291 e. The predicted octanol–water partition coefficient (Wildman–Crippen LogP) is 2.52. The average molecular weight is 261 g/mol. The fourth-order valence-electron chi connectivity index (χ4n) is 1.39. The topological polar surface area (TPSA) is 41.1 Å². The summed E-state index contributed by atoms with van der Waals surface area (Å²) in [5, 5.41) is 1.04. The summed E-state index contributed by atoms with van der Waals surface area (Å²) in [6.45, 7) is 3.60.